The number of aromatic hydroxyl groups is 1. The van der Waals surface area contributed by atoms with Crippen LogP contribution >= 0.6 is 0 Å². The zero-order chi connectivity index (χ0) is 33.0. The van der Waals surface area contributed by atoms with Crippen molar-refractivity contribution in [3.63, 3.8) is 0 Å². The van der Waals surface area contributed by atoms with Crippen LogP contribution in [0.3, 0.4) is 0 Å². The van der Waals surface area contributed by atoms with Gasteiger partial charge in [0.15, 0.2) is 0 Å². The quantitative estimate of drug-likeness (QED) is 0.314. The van der Waals surface area contributed by atoms with Gasteiger partial charge in [0.2, 0.25) is 11.8 Å². The number of fused-ring (bicyclic) bond motifs is 4. The SMILES string of the molecule is COC1CC(=O)N2c3cc(O)cc4c3OC(/C=C\C=C\CC(OC(=O)C(C)NC(=O)C3CCCCC3)C(C)C(O)/C(C)=C/CC4)C12. The normalized spacial score (nSPS) is 31.9. The molecule has 1 saturated carbocycles. The molecule has 10 heteroatoms. The van der Waals surface area contributed by atoms with E-state index in [1.165, 1.54) is 0 Å². The van der Waals surface area contributed by atoms with Crippen LogP contribution < -0.4 is 15.0 Å². The van der Waals surface area contributed by atoms with Crippen LogP contribution in [-0.4, -0.2) is 71.6 Å². The second-order valence-corrected chi connectivity index (χ2v) is 13.1. The predicted molar refractivity (Wildman–Crippen MR) is 173 cm³/mol. The van der Waals surface area contributed by atoms with Gasteiger partial charge in [0.05, 0.1) is 24.3 Å². The lowest BCUT2D eigenvalue weighted by Crippen LogP contribution is -2.51. The van der Waals surface area contributed by atoms with E-state index in [1.807, 2.05) is 44.2 Å². The highest BCUT2D eigenvalue weighted by Gasteiger charge is 2.49. The molecule has 3 N–H and O–H groups in total. The number of aliphatic hydroxyl groups excluding tert-OH is 1. The molecule has 0 spiro atoms. The Balaban J connectivity index is 1.38. The number of aryl methyl sites for hydroxylation is 1. The molecule has 7 unspecified atom stereocenters. The fourth-order valence-corrected chi connectivity index (χ4v) is 7.15. The Morgan fingerprint density at radius 2 is 1.89 bits per heavy atom. The third-order valence-corrected chi connectivity index (χ3v) is 9.91. The molecule has 46 heavy (non-hydrogen) atoms. The molecule has 3 heterocycles. The first-order valence-electron chi connectivity index (χ1n) is 16.6. The molecule has 10 nitrogen and oxygen atoms in total. The average molecular weight is 637 g/mol. The summed E-state index contributed by atoms with van der Waals surface area (Å²) in [5, 5.41) is 24.8. The fourth-order valence-electron chi connectivity index (χ4n) is 7.15. The lowest BCUT2D eigenvalue weighted by Gasteiger charge is -2.39. The number of hydrogen-bond donors (Lipinski definition) is 3. The summed E-state index contributed by atoms with van der Waals surface area (Å²) in [6, 6.07) is 2.01. The van der Waals surface area contributed by atoms with E-state index in [9.17, 15) is 24.6 Å². The maximum atomic E-state index is 13.2. The van der Waals surface area contributed by atoms with E-state index >= 15 is 0 Å². The van der Waals surface area contributed by atoms with E-state index in [4.69, 9.17) is 14.2 Å². The Kier molecular flexibility index (Phi) is 10.9. The number of carbonyl (C=O) groups excluding carboxylic acids is 3. The van der Waals surface area contributed by atoms with Gasteiger partial charge in [0, 0.05) is 37.0 Å². The molecular formula is C36H48N2O8. The Labute approximate surface area is 271 Å². The van der Waals surface area contributed by atoms with E-state index in [1.54, 1.807) is 31.1 Å². The van der Waals surface area contributed by atoms with E-state index in [0.29, 0.717) is 30.7 Å². The number of phenols is 1. The molecule has 7 atom stereocenters. The maximum absolute atomic E-state index is 13.2. The number of anilines is 1. The number of methoxy groups -OCH3 is 1. The molecule has 1 aromatic rings. The second-order valence-electron chi connectivity index (χ2n) is 13.1. The second kappa shape index (κ2) is 14.9. The van der Waals surface area contributed by atoms with Gasteiger partial charge in [-0.25, -0.2) is 4.79 Å². The van der Waals surface area contributed by atoms with Gasteiger partial charge in [0.25, 0.3) is 0 Å². The number of ether oxygens (including phenoxy) is 3. The first-order chi connectivity index (χ1) is 22.1. The van der Waals surface area contributed by atoms with Crippen LogP contribution in [0.1, 0.15) is 77.7 Å². The van der Waals surface area contributed by atoms with E-state index < -0.39 is 42.3 Å². The number of allylic oxidation sites excluding steroid dienone is 3. The monoisotopic (exact) mass is 636 g/mol. The molecule has 2 amide bonds. The standard InChI is InChI=1S/C36H48N2O8/c1-21-12-11-15-25-18-26(39)19-27-34(25)45-29(32-30(44-4)20-31(40)38(27)32)17-10-6-9-16-28(22(2)33(21)41)46-36(43)23(3)37-35(42)24-13-7-5-8-14-24/h6,9-10,12,17-19,22-24,28-30,32-33,39,41H,5,7-8,11,13-16,20H2,1-4H3,(H,37,42)/b9-6+,17-10-,21-12+. The predicted octanol–water partition coefficient (Wildman–Crippen LogP) is 4.66. The Hall–Kier alpha value is -3.63. The van der Waals surface area contributed by atoms with Crippen molar-refractivity contribution in [1.82, 2.24) is 5.32 Å². The summed E-state index contributed by atoms with van der Waals surface area (Å²) in [5.41, 5.74) is 2.02. The molecule has 1 aromatic carbocycles. The summed E-state index contributed by atoms with van der Waals surface area (Å²) < 4.78 is 18.2. The molecule has 3 aliphatic heterocycles. The van der Waals surface area contributed by atoms with Crippen molar-refractivity contribution in [2.75, 3.05) is 12.0 Å². The summed E-state index contributed by atoms with van der Waals surface area (Å²) in [6.07, 6.45) is 13.4. The highest BCUT2D eigenvalue weighted by Crippen LogP contribution is 2.46. The Bertz CT molecular complexity index is 1380. The number of rotatable bonds is 5. The van der Waals surface area contributed by atoms with Gasteiger partial charge in [-0.3, -0.25) is 14.5 Å². The topological polar surface area (TPSA) is 135 Å². The zero-order valence-corrected chi connectivity index (χ0v) is 27.3. The summed E-state index contributed by atoms with van der Waals surface area (Å²) in [4.78, 5) is 40.8. The highest BCUT2D eigenvalue weighted by molar-refractivity contribution is 5.99. The van der Waals surface area contributed by atoms with Crippen molar-refractivity contribution < 1.29 is 38.8 Å². The van der Waals surface area contributed by atoms with Gasteiger partial charge < -0.3 is 29.7 Å². The maximum Gasteiger partial charge on any atom is 0.328 e. The zero-order valence-electron chi connectivity index (χ0n) is 27.3. The van der Waals surface area contributed by atoms with Gasteiger partial charge in [-0.15, -0.1) is 0 Å². The minimum absolute atomic E-state index is 0.0410. The molecule has 0 radical (unpaired) electrons. The summed E-state index contributed by atoms with van der Waals surface area (Å²) >= 11 is 0. The van der Waals surface area contributed by atoms with E-state index in [0.717, 1.165) is 43.2 Å². The number of aliphatic hydroxyl groups is 1. The van der Waals surface area contributed by atoms with Crippen LogP contribution in [0.4, 0.5) is 5.69 Å². The number of benzene rings is 1. The number of nitrogens with one attached hydrogen (secondary N) is 1. The molecule has 4 aliphatic rings. The lowest BCUT2D eigenvalue weighted by molar-refractivity contribution is -0.156. The highest BCUT2D eigenvalue weighted by atomic mass is 16.5. The number of esters is 1. The van der Waals surface area contributed by atoms with Crippen LogP contribution in [-0.2, 0) is 30.3 Å². The summed E-state index contributed by atoms with van der Waals surface area (Å²) in [5.74, 6) is -0.638. The van der Waals surface area contributed by atoms with Gasteiger partial charge in [-0.1, -0.05) is 50.5 Å². The summed E-state index contributed by atoms with van der Waals surface area (Å²) in [6.45, 7) is 5.34. The fraction of sp³-hybridized carbons (Fsp3) is 0.583. The van der Waals surface area contributed by atoms with Crippen LogP contribution in [0.15, 0.2) is 48.1 Å². The Morgan fingerprint density at radius 3 is 2.63 bits per heavy atom. The minimum atomic E-state index is -0.880. The number of phenolic OH excluding ortho intramolecular Hbond substituents is 1. The van der Waals surface area contributed by atoms with E-state index in [2.05, 4.69) is 5.32 Å². The van der Waals surface area contributed by atoms with Gasteiger partial charge in [-0.05, 0) is 57.2 Å². The number of carbonyl (C=O) groups is 3. The van der Waals surface area contributed by atoms with Crippen molar-refractivity contribution in [3.05, 3.63) is 53.6 Å². The van der Waals surface area contributed by atoms with Gasteiger partial charge in [0.1, 0.15) is 35.8 Å². The smallest absolute Gasteiger partial charge is 0.328 e. The largest absolute Gasteiger partial charge is 0.508 e. The third kappa shape index (κ3) is 7.33. The van der Waals surface area contributed by atoms with Crippen molar-refractivity contribution in [1.29, 1.82) is 0 Å². The van der Waals surface area contributed by atoms with Crippen LogP contribution in [0.25, 0.3) is 0 Å². The van der Waals surface area contributed by atoms with Crippen molar-refractivity contribution in [2.24, 2.45) is 11.8 Å². The van der Waals surface area contributed by atoms with Crippen molar-refractivity contribution in [3.8, 4) is 11.5 Å². The van der Waals surface area contributed by atoms with E-state index in [-0.39, 0.29) is 36.0 Å². The van der Waals surface area contributed by atoms with Crippen LogP contribution in [0.2, 0.25) is 0 Å². The molecular weight excluding hydrogens is 588 g/mol. The molecule has 250 valence electrons. The van der Waals surface area contributed by atoms with Crippen molar-refractivity contribution >= 4 is 23.5 Å². The molecule has 1 saturated heterocycles. The van der Waals surface area contributed by atoms with Crippen LogP contribution in [0.5, 0.6) is 11.5 Å². The summed E-state index contributed by atoms with van der Waals surface area (Å²) in [7, 11) is 1.58. The van der Waals surface area contributed by atoms with Crippen LogP contribution in [0, 0.1) is 11.8 Å². The average Bonchev–Trinajstić information content (AvgIpc) is 3.39. The number of amides is 2. The van der Waals surface area contributed by atoms with Gasteiger partial charge >= 0.3 is 5.97 Å². The first kappa shape index (κ1) is 33.7. The lowest BCUT2D eigenvalue weighted by atomic mass is 9.88. The number of hydrogen-bond acceptors (Lipinski definition) is 8. The first-order valence-corrected chi connectivity index (χ1v) is 16.6. The van der Waals surface area contributed by atoms with Crippen molar-refractivity contribution in [2.45, 2.75) is 115 Å². The molecule has 0 aromatic heterocycles. The Morgan fingerprint density at radius 1 is 1.13 bits per heavy atom. The third-order valence-electron chi connectivity index (χ3n) is 9.91. The molecule has 2 fully saturated rings. The minimum Gasteiger partial charge on any atom is -0.508 e. The molecule has 1 aliphatic carbocycles. The number of nitrogens with zero attached hydrogens (tertiary/aromatic N) is 1. The van der Waals surface area contributed by atoms with Gasteiger partial charge in [-0.2, -0.15) is 0 Å². The molecule has 2 bridgehead atoms. The molecule has 5 rings (SSSR count).